The standard InChI is InChI=1S/C24H30N4O4/c1-32-21-10-6-5-9-20(21)27-24(31)28-15-12-19(13-16-28)17-26-23(30)22(29)25-14-11-18-7-3-2-4-8-18/h2-10,19H,11-17H2,1H3,(H,25,29)(H,26,30)(H,27,31). The Morgan fingerprint density at radius 1 is 0.938 bits per heavy atom. The number of nitrogens with one attached hydrogen (secondary N) is 3. The average Bonchev–Trinajstić information content (AvgIpc) is 2.83. The maximum atomic E-state index is 12.5. The van der Waals surface area contributed by atoms with Gasteiger partial charge in [0, 0.05) is 26.2 Å². The Hall–Kier alpha value is -3.55. The fourth-order valence-corrected chi connectivity index (χ4v) is 3.64. The summed E-state index contributed by atoms with van der Waals surface area (Å²) in [5.74, 6) is -0.393. The van der Waals surface area contributed by atoms with Crippen LogP contribution in [0.2, 0.25) is 0 Å². The van der Waals surface area contributed by atoms with Gasteiger partial charge in [-0.1, -0.05) is 42.5 Å². The molecule has 0 spiro atoms. The summed E-state index contributed by atoms with van der Waals surface area (Å²) in [6.07, 6.45) is 2.19. The Balaban J connectivity index is 1.34. The van der Waals surface area contributed by atoms with Crippen LogP contribution in [-0.2, 0) is 16.0 Å². The van der Waals surface area contributed by atoms with E-state index >= 15 is 0 Å². The van der Waals surface area contributed by atoms with Crippen LogP contribution in [-0.4, -0.2) is 56.0 Å². The molecule has 0 aromatic heterocycles. The maximum Gasteiger partial charge on any atom is 0.321 e. The van der Waals surface area contributed by atoms with Crippen molar-refractivity contribution >= 4 is 23.5 Å². The number of carbonyl (C=O) groups excluding carboxylic acids is 3. The lowest BCUT2D eigenvalue weighted by Crippen LogP contribution is -2.45. The fraction of sp³-hybridized carbons (Fsp3) is 0.375. The Morgan fingerprint density at radius 2 is 1.59 bits per heavy atom. The van der Waals surface area contributed by atoms with Crippen LogP contribution in [0.15, 0.2) is 54.6 Å². The van der Waals surface area contributed by atoms with E-state index in [0.717, 1.165) is 18.4 Å². The van der Waals surface area contributed by atoms with Crippen LogP contribution >= 0.6 is 0 Å². The normalized spacial score (nSPS) is 13.8. The molecule has 8 nitrogen and oxygen atoms in total. The number of carbonyl (C=O) groups is 3. The van der Waals surface area contributed by atoms with E-state index in [1.54, 1.807) is 24.1 Å². The summed E-state index contributed by atoms with van der Waals surface area (Å²) in [7, 11) is 1.56. The van der Waals surface area contributed by atoms with Gasteiger partial charge in [-0.2, -0.15) is 0 Å². The Labute approximate surface area is 188 Å². The monoisotopic (exact) mass is 438 g/mol. The van der Waals surface area contributed by atoms with Crippen LogP contribution in [0.4, 0.5) is 10.5 Å². The highest BCUT2D eigenvalue weighted by molar-refractivity contribution is 6.35. The van der Waals surface area contributed by atoms with Gasteiger partial charge in [0.25, 0.3) is 0 Å². The smallest absolute Gasteiger partial charge is 0.321 e. The van der Waals surface area contributed by atoms with Crippen LogP contribution in [0.1, 0.15) is 18.4 Å². The van der Waals surface area contributed by atoms with Crippen LogP contribution in [0.25, 0.3) is 0 Å². The van der Waals surface area contributed by atoms with Gasteiger partial charge >= 0.3 is 17.8 Å². The molecular formula is C24H30N4O4. The summed E-state index contributed by atoms with van der Waals surface area (Å²) in [6.45, 7) is 2.01. The molecule has 1 heterocycles. The first-order valence-corrected chi connectivity index (χ1v) is 10.9. The van der Waals surface area contributed by atoms with Crippen molar-refractivity contribution in [1.82, 2.24) is 15.5 Å². The lowest BCUT2D eigenvalue weighted by Gasteiger charge is -2.32. The van der Waals surface area contributed by atoms with Crippen molar-refractivity contribution < 1.29 is 19.1 Å². The summed E-state index contributed by atoms with van der Waals surface area (Å²) in [6, 6.07) is 16.9. The topological polar surface area (TPSA) is 99.8 Å². The van der Waals surface area contributed by atoms with Crippen LogP contribution < -0.4 is 20.7 Å². The van der Waals surface area contributed by atoms with E-state index in [0.29, 0.717) is 44.0 Å². The molecule has 32 heavy (non-hydrogen) atoms. The van der Waals surface area contributed by atoms with Gasteiger partial charge in [0.2, 0.25) is 0 Å². The zero-order chi connectivity index (χ0) is 22.8. The zero-order valence-electron chi connectivity index (χ0n) is 18.3. The lowest BCUT2D eigenvalue weighted by atomic mass is 9.97. The van der Waals surface area contributed by atoms with Gasteiger partial charge in [-0.05, 0) is 42.9 Å². The van der Waals surface area contributed by atoms with Gasteiger partial charge in [-0.3, -0.25) is 9.59 Å². The molecule has 1 fully saturated rings. The molecule has 1 aliphatic heterocycles. The second-order valence-corrected chi connectivity index (χ2v) is 7.76. The molecule has 1 aliphatic rings. The summed E-state index contributed by atoms with van der Waals surface area (Å²) in [5, 5.41) is 8.25. The van der Waals surface area contributed by atoms with Crippen molar-refractivity contribution in [2.45, 2.75) is 19.3 Å². The first-order chi connectivity index (χ1) is 15.6. The third-order valence-electron chi connectivity index (χ3n) is 5.55. The molecule has 2 aromatic carbocycles. The first-order valence-electron chi connectivity index (χ1n) is 10.9. The quantitative estimate of drug-likeness (QED) is 0.578. The number of para-hydroxylation sites is 2. The first kappa shape index (κ1) is 23.1. The van der Waals surface area contributed by atoms with Crippen molar-refractivity contribution in [2.24, 2.45) is 5.92 Å². The highest BCUT2D eigenvalue weighted by Gasteiger charge is 2.24. The number of methoxy groups -OCH3 is 1. The van der Waals surface area contributed by atoms with Crippen LogP contribution in [0.5, 0.6) is 5.75 Å². The van der Waals surface area contributed by atoms with E-state index in [2.05, 4.69) is 16.0 Å². The van der Waals surface area contributed by atoms with Crippen LogP contribution in [0, 0.1) is 5.92 Å². The number of urea groups is 1. The van der Waals surface area contributed by atoms with Gasteiger partial charge in [0.15, 0.2) is 0 Å². The second kappa shape index (κ2) is 11.7. The third-order valence-corrected chi connectivity index (χ3v) is 5.55. The molecule has 1 saturated heterocycles. The molecule has 0 radical (unpaired) electrons. The van der Waals surface area contributed by atoms with Gasteiger partial charge in [-0.15, -0.1) is 0 Å². The second-order valence-electron chi connectivity index (χ2n) is 7.76. The SMILES string of the molecule is COc1ccccc1NC(=O)N1CCC(CNC(=O)C(=O)NCCc2ccccc2)CC1. The predicted octanol–water partition coefficient (Wildman–Crippen LogP) is 2.41. The van der Waals surface area contributed by atoms with Crippen molar-refractivity contribution in [2.75, 3.05) is 38.6 Å². The van der Waals surface area contributed by atoms with Crippen LogP contribution in [0.3, 0.4) is 0 Å². The molecule has 0 saturated carbocycles. The molecule has 3 rings (SSSR count). The van der Waals surface area contributed by atoms with E-state index in [4.69, 9.17) is 4.74 Å². The molecule has 8 heteroatoms. The minimum atomic E-state index is -0.616. The number of nitrogens with zero attached hydrogens (tertiary/aromatic N) is 1. The van der Waals surface area contributed by atoms with Gasteiger partial charge < -0.3 is 25.6 Å². The van der Waals surface area contributed by atoms with E-state index in [9.17, 15) is 14.4 Å². The molecule has 0 atom stereocenters. The van der Waals surface area contributed by atoms with Gasteiger partial charge in [0.1, 0.15) is 5.75 Å². The number of ether oxygens (including phenoxy) is 1. The van der Waals surface area contributed by atoms with E-state index in [1.165, 1.54) is 0 Å². The number of hydrogen-bond acceptors (Lipinski definition) is 4. The highest BCUT2D eigenvalue weighted by Crippen LogP contribution is 2.24. The summed E-state index contributed by atoms with van der Waals surface area (Å²) in [4.78, 5) is 38.3. The molecular weight excluding hydrogens is 408 g/mol. The number of likely N-dealkylation sites (tertiary alicyclic amines) is 1. The minimum absolute atomic E-state index is 0.172. The largest absolute Gasteiger partial charge is 0.495 e. The zero-order valence-corrected chi connectivity index (χ0v) is 18.3. The minimum Gasteiger partial charge on any atom is -0.495 e. The maximum absolute atomic E-state index is 12.5. The Bertz CT molecular complexity index is 911. The molecule has 0 unspecified atom stereocenters. The summed E-state index contributed by atoms with van der Waals surface area (Å²) < 4.78 is 5.27. The number of hydrogen-bond donors (Lipinski definition) is 3. The van der Waals surface area contributed by atoms with Gasteiger partial charge in [0.05, 0.1) is 12.8 Å². The van der Waals surface area contributed by atoms with Gasteiger partial charge in [-0.25, -0.2) is 4.79 Å². The number of anilines is 1. The van der Waals surface area contributed by atoms with Crippen molar-refractivity contribution in [3.8, 4) is 5.75 Å². The van der Waals surface area contributed by atoms with E-state index in [1.807, 2.05) is 42.5 Å². The molecule has 3 N–H and O–H groups in total. The number of benzene rings is 2. The lowest BCUT2D eigenvalue weighted by molar-refractivity contribution is -0.139. The van der Waals surface area contributed by atoms with Crippen molar-refractivity contribution in [3.05, 3.63) is 60.2 Å². The Morgan fingerprint density at radius 3 is 2.31 bits per heavy atom. The summed E-state index contributed by atoms with van der Waals surface area (Å²) >= 11 is 0. The molecule has 2 aromatic rings. The molecule has 0 aliphatic carbocycles. The van der Waals surface area contributed by atoms with E-state index < -0.39 is 11.8 Å². The Kier molecular flexibility index (Phi) is 8.48. The van der Waals surface area contributed by atoms with Crippen molar-refractivity contribution in [3.63, 3.8) is 0 Å². The molecule has 170 valence electrons. The van der Waals surface area contributed by atoms with Crippen molar-refractivity contribution in [1.29, 1.82) is 0 Å². The number of piperidine rings is 1. The fourth-order valence-electron chi connectivity index (χ4n) is 3.64. The number of amides is 4. The average molecular weight is 439 g/mol. The molecule has 4 amide bonds. The molecule has 0 bridgehead atoms. The van der Waals surface area contributed by atoms with E-state index in [-0.39, 0.29) is 11.9 Å². The number of rotatable bonds is 7. The summed E-state index contributed by atoms with van der Waals surface area (Å²) in [5.41, 5.74) is 1.74. The third kappa shape index (κ3) is 6.73. The highest BCUT2D eigenvalue weighted by atomic mass is 16.5. The predicted molar refractivity (Wildman–Crippen MR) is 122 cm³/mol.